The molecule has 1 aromatic carbocycles. The van der Waals surface area contributed by atoms with Gasteiger partial charge in [0.1, 0.15) is 5.25 Å². The van der Waals surface area contributed by atoms with E-state index >= 15 is 0 Å². The van der Waals surface area contributed by atoms with Crippen LogP contribution in [0.5, 0.6) is 0 Å². The van der Waals surface area contributed by atoms with E-state index in [-0.39, 0.29) is 5.41 Å². The Morgan fingerprint density at radius 3 is 2.33 bits per heavy atom. The second-order valence-corrected chi connectivity index (χ2v) is 7.09. The van der Waals surface area contributed by atoms with Crippen molar-refractivity contribution in [1.82, 2.24) is 0 Å². The van der Waals surface area contributed by atoms with Crippen LogP contribution in [0.25, 0.3) is 6.08 Å². The Hall–Kier alpha value is -1.43. The molecular formula is C15H15F3O2S. The van der Waals surface area contributed by atoms with Crippen molar-refractivity contribution in [3.63, 3.8) is 0 Å². The highest BCUT2D eigenvalue weighted by molar-refractivity contribution is 8.00. The van der Waals surface area contributed by atoms with Gasteiger partial charge in [-0.25, -0.2) is 4.79 Å². The first-order chi connectivity index (χ1) is 9.50. The van der Waals surface area contributed by atoms with Crippen LogP contribution in [0.15, 0.2) is 28.7 Å². The Balaban J connectivity index is 2.54. The van der Waals surface area contributed by atoms with Crippen molar-refractivity contribution < 1.29 is 23.1 Å². The Bertz CT molecular complexity index is 612. The first-order valence-corrected chi connectivity index (χ1v) is 7.21. The maximum Gasteiger partial charge on any atom is 0.405 e. The van der Waals surface area contributed by atoms with Crippen LogP contribution in [-0.4, -0.2) is 22.5 Å². The minimum atomic E-state index is -4.59. The van der Waals surface area contributed by atoms with Gasteiger partial charge in [0.15, 0.2) is 0 Å². The van der Waals surface area contributed by atoms with Crippen molar-refractivity contribution in [2.45, 2.75) is 42.5 Å². The molecule has 1 aliphatic rings. The summed E-state index contributed by atoms with van der Waals surface area (Å²) in [5.41, 5.74) is 0.710. The minimum absolute atomic E-state index is 0.155. The van der Waals surface area contributed by atoms with Crippen LogP contribution >= 0.6 is 11.8 Å². The summed E-state index contributed by atoms with van der Waals surface area (Å²) < 4.78 is 39.0. The van der Waals surface area contributed by atoms with Gasteiger partial charge in [0, 0.05) is 4.90 Å². The first kappa shape index (κ1) is 15.9. The van der Waals surface area contributed by atoms with Crippen LogP contribution in [0.2, 0.25) is 0 Å². The number of hydrogen-bond acceptors (Lipinski definition) is 2. The number of carboxylic acids is 1. The van der Waals surface area contributed by atoms with Crippen molar-refractivity contribution in [1.29, 1.82) is 0 Å². The number of carbonyl (C=O) groups is 1. The lowest BCUT2D eigenvalue weighted by Gasteiger charge is -2.27. The molecule has 0 saturated carbocycles. The van der Waals surface area contributed by atoms with Crippen molar-refractivity contribution in [3.8, 4) is 0 Å². The molecule has 1 heterocycles. The zero-order valence-electron chi connectivity index (χ0n) is 11.8. The van der Waals surface area contributed by atoms with Crippen LogP contribution in [0.3, 0.4) is 0 Å². The van der Waals surface area contributed by atoms with Gasteiger partial charge in [0.05, 0.1) is 5.57 Å². The molecule has 2 nitrogen and oxygen atoms in total. The summed E-state index contributed by atoms with van der Waals surface area (Å²) in [4.78, 5) is 11.6. The van der Waals surface area contributed by atoms with Gasteiger partial charge >= 0.3 is 12.1 Å². The second-order valence-electron chi connectivity index (χ2n) is 5.95. The minimum Gasteiger partial charge on any atom is -0.478 e. The summed E-state index contributed by atoms with van der Waals surface area (Å²) in [6.07, 6.45) is -3.45. The second kappa shape index (κ2) is 5.09. The van der Waals surface area contributed by atoms with Crippen molar-refractivity contribution in [2.24, 2.45) is 0 Å². The molecule has 0 fully saturated rings. The highest BCUT2D eigenvalue weighted by Gasteiger charge is 2.46. The lowest BCUT2D eigenvalue weighted by molar-refractivity contribution is -0.140. The van der Waals surface area contributed by atoms with Crippen LogP contribution in [0, 0.1) is 0 Å². The summed E-state index contributed by atoms with van der Waals surface area (Å²) in [7, 11) is 0. The number of aliphatic carboxylic acids is 1. The van der Waals surface area contributed by atoms with Crippen LogP contribution in [-0.2, 0) is 10.2 Å². The highest BCUT2D eigenvalue weighted by atomic mass is 32.2. The fourth-order valence-electron chi connectivity index (χ4n) is 2.09. The molecule has 2 rings (SSSR count). The number of hydrogen-bond donors (Lipinski definition) is 1. The zero-order valence-corrected chi connectivity index (χ0v) is 12.6. The molecule has 1 N–H and O–H groups in total. The first-order valence-electron chi connectivity index (χ1n) is 6.33. The summed E-state index contributed by atoms with van der Waals surface area (Å²) in [5, 5.41) is 7.02. The number of benzene rings is 1. The molecule has 114 valence electrons. The average Bonchev–Trinajstić information content (AvgIpc) is 2.34. The fourth-order valence-corrected chi connectivity index (χ4v) is 3.17. The van der Waals surface area contributed by atoms with Crippen LogP contribution < -0.4 is 0 Å². The van der Waals surface area contributed by atoms with E-state index in [1.807, 2.05) is 20.8 Å². The molecule has 1 atom stereocenters. The van der Waals surface area contributed by atoms with E-state index in [0.717, 1.165) is 11.6 Å². The summed E-state index contributed by atoms with van der Waals surface area (Å²) >= 11 is 0.546. The normalized spacial score (nSPS) is 19.0. The monoisotopic (exact) mass is 316 g/mol. The molecule has 0 radical (unpaired) electrons. The van der Waals surface area contributed by atoms with Crippen LogP contribution in [0.1, 0.15) is 31.9 Å². The molecule has 0 aromatic heterocycles. The molecule has 0 bridgehead atoms. The predicted molar refractivity (Wildman–Crippen MR) is 76.5 cm³/mol. The Morgan fingerprint density at radius 2 is 1.86 bits per heavy atom. The third-order valence-electron chi connectivity index (χ3n) is 3.26. The van der Waals surface area contributed by atoms with Gasteiger partial charge in [-0.05, 0) is 28.7 Å². The Labute approximate surface area is 125 Å². The molecule has 6 heteroatoms. The summed E-state index contributed by atoms with van der Waals surface area (Å²) in [5.74, 6) is -1.53. The quantitative estimate of drug-likeness (QED) is 0.829. The average molecular weight is 316 g/mol. The molecule has 1 aliphatic heterocycles. The third kappa shape index (κ3) is 3.26. The molecule has 0 amide bonds. The Morgan fingerprint density at radius 1 is 1.24 bits per heavy atom. The lowest BCUT2D eigenvalue weighted by atomic mass is 9.86. The molecule has 21 heavy (non-hydrogen) atoms. The van der Waals surface area contributed by atoms with Gasteiger partial charge in [0.25, 0.3) is 0 Å². The predicted octanol–water partition coefficient (Wildman–Crippen LogP) is 4.49. The van der Waals surface area contributed by atoms with Gasteiger partial charge in [-0.3, -0.25) is 0 Å². The van der Waals surface area contributed by atoms with Gasteiger partial charge < -0.3 is 5.11 Å². The number of thioether (sulfide) groups is 1. The number of alkyl halides is 3. The summed E-state index contributed by atoms with van der Waals surface area (Å²) in [6, 6.07) is 5.19. The van der Waals surface area contributed by atoms with Crippen LogP contribution in [0.4, 0.5) is 13.2 Å². The number of halogens is 3. The SMILES string of the molecule is CC(C)(C)c1ccc2c(c1)C=C(C(=O)O)[C@@H](C(F)(F)F)S2. The van der Waals surface area contributed by atoms with E-state index in [2.05, 4.69) is 0 Å². The third-order valence-corrected chi connectivity index (χ3v) is 4.64. The zero-order chi connectivity index (χ0) is 16.0. The smallest absolute Gasteiger partial charge is 0.405 e. The highest BCUT2D eigenvalue weighted by Crippen LogP contribution is 2.45. The van der Waals surface area contributed by atoms with Crippen molar-refractivity contribution in [2.75, 3.05) is 0 Å². The van der Waals surface area contributed by atoms with Crippen molar-refractivity contribution >= 4 is 23.8 Å². The van der Waals surface area contributed by atoms with Gasteiger partial charge in [-0.15, -0.1) is 11.8 Å². The topological polar surface area (TPSA) is 37.3 Å². The molecule has 0 aliphatic carbocycles. The van der Waals surface area contributed by atoms with Gasteiger partial charge in [-0.1, -0.05) is 32.9 Å². The van der Waals surface area contributed by atoms with E-state index in [9.17, 15) is 18.0 Å². The summed E-state index contributed by atoms with van der Waals surface area (Å²) in [6.45, 7) is 5.97. The maximum absolute atomic E-state index is 13.0. The molecular weight excluding hydrogens is 301 g/mol. The molecule has 1 aromatic rings. The van der Waals surface area contributed by atoms with E-state index in [1.54, 1.807) is 18.2 Å². The molecule has 0 unspecified atom stereocenters. The van der Waals surface area contributed by atoms with Gasteiger partial charge in [0.2, 0.25) is 0 Å². The van der Waals surface area contributed by atoms with E-state index in [4.69, 9.17) is 5.11 Å². The number of fused-ring (bicyclic) bond motifs is 1. The standard InChI is InChI=1S/C15H15F3O2S/c1-14(2,3)9-4-5-11-8(6-9)7-10(13(19)20)12(21-11)15(16,17)18/h4-7,12H,1-3H3,(H,19,20)/t12-/m0/s1. The number of rotatable bonds is 1. The van der Waals surface area contributed by atoms with E-state index < -0.39 is 23.0 Å². The van der Waals surface area contributed by atoms with Crippen molar-refractivity contribution in [3.05, 3.63) is 34.9 Å². The maximum atomic E-state index is 13.0. The molecule has 0 saturated heterocycles. The fraction of sp³-hybridized carbons (Fsp3) is 0.400. The lowest BCUT2D eigenvalue weighted by Crippen LogP contribution is -2.32. The van der Waals surface area contributed by atoms with E-state index in [0.29, 0.717) is 22.2 Å². The van der Waals surface area contributed by atoms with Gasteiger partial charge in [-0.2, -0.15) is 13.2 Å². The largest absolute Gasteiger partial charge is 0.478 e. The number of carboxylic acid groups (broad SMARTS) is 1. The van der Waals surface area contributed by atoms with E-state index in [1.165, 1.54) is 0 Å². The Kier molecular flexibility index (Phi) is 3.86. The molecule has 0 spiro atoms.